The molecule has 0 heterocycles. The normalized spacial score (nSPS) is 12.7. The molecule has 0 saturated carbocycles. The van der Waals surface area contributed by atoms with Gasteiger partial charge in [-0.15, -0.1) is 0 Å². The maximum Gasteiger partial charge on any atom is 0.416 e. The standard InChI is InChI=1S/C17H25F3N4O/c1-5-21-15(24-16(2,3)4)23-11-10-22-14(25)12-6-8-13(9-7-12)17(18,19)20/h6-9H,5,10-11H2,1-4H3,(H,22,25)(H2,21,23,24). The van der Waals surface area contributed by atoms with E-state index in [1.54, 1.807) is 0 Å². The molecule has 0 aliphatic rings. The molecule has 1 rings (SSSR count). The summed E-state index contributed by atoms with van der Waals surface area (Å²) in [6, 6.07) is 4.10. The van der Waals surface area contributed by atoms with Crippen molar-refractivity contribution in [1.29, 1.82) is 0 Å². The molecule has 0 radical (unpaired) electrons. The molecule has 0 atom stereocenters. The summed E-state index contributed by atoms with van der Waals surface area (Å²) in [6.45, 7) is 9.30. The van der Waals surface area contributed by atoms with Crippen LogP contribution in [0.3, 0.4) is 0 Å². The maximum atomic E-state index is 12.5. The average Bonchev–Trinajstić information content (AvgIpc) is 2.49. The predicted octanol–water partition coefficient (Wildman–Crippen LogP) is 2.79. The van der Waals surface area contributed by atoms with E-state index in [2.05, 4.69) is 20.9 Å². The molecule has 0 aliphatic carbocycles. The third kappa shape index (κ3) is 7.91. The molecule has 3 N–H and O–H groups in total. The zero-order chi connectivity index (χ0) is 19.1. The van der Waals surface area contributed by atoms with E-state index < -0.39 is 17.6 Å². The van der Waals surface area contributed by atoms with E-state index in [-0.39, 0.29) is 17.6 Å². The van der Waals surface area contributed by atoms with Gasteiger partial charge in [-0.1, -0.05) is 0 Å². The molecule has 0 aromatic heterocycles. The van der Waals surface area contributed by atoms with Gasteiger partial charge in [-0.25, -0.2) is 0 Å². The van der Waals surface area contributed by atoms with Crippen LogP contribution < -0.4 is 16.0 Å². The Morgan fingerprint density at radius 2 is 1.68 bits per heavy atom. The van der Waals surface area contributed by atoms with Crippen LogP contribution in [0.15, 0.2) is 29.3 Å². The number of nitrogens with zero attached hydrogens (tertiary/aromatic N) is 1. The van der Waals surface area contributed by atoms with E-state index in [0.717, 1.165) is 24.3 Å². The lowest BCUT2D eigenvalue weighted by molar-refractivity contribution is -0.137. The second-order valence-electron chi connectivity index (χ2n) is 6.47. The van der Waals surface area contributed by atoms with Gasteiger partial charge in [0, 0.05) is 24.2 Å². The summed E-state index contributed by atoms with van der Waals surface area (Å²) in [5.74, 6) is 0.205. The summed E-state index contributed by atoms with van der Waals surface area (Å²) in [6.07, 6.45) is -4.41. The quantitative estimate of drug-likeness (QED) is 0.431. The van der Waals surface area contributed by atoms with Crippen LogP contribution in [-0.2, 0) is 6.18 Å². The summed E-state index contributed by atoms with van der Waals surface area (Å²) in [5, 5.41) is 8.95. The molecule has 1 aromatic rings. The zero-order valence-corrected chi connectivity index (χ0v) is 14.9. The van der Waals surface area contributed by atoms with E-state index >= 15 is 0 Å². The number of carbonyl (C=O) groups excluding carboxylic acids is 1. The van der Waals surface area contributed by atoms with Crippen molar-refractivity contribution in [2.24, 2.45) is 4.99 Å². The SMILES string of the molecule is CCNC(=NCCNC(=O)c1ccc(C(F)(F)F)cc1)NC(C)(C)C. The highest BCUT2D eigenvalue weighted by Crippen LogP contribution is 2.28. The Balaban J connectivity index is 2.54. The first-order valence-electron chi connectivity index (χ1n) is 8.05. The van der Waals surface area contributed by atoms with Crippen LogP contribution in [0.2, 0.25) is 0 Å². The Bertz CT molecular complexity index is 589. The van der Waals surface area contributed by atoms with Gasteiger partial charge in [0.25, 0.3) is 5.91 Å². The average molecular weight is 358 g/mol. The Kier molecular flexibility index (Phi) is 7.26. The second kappa shape index (κ2) is 8.73. The molecule has 0 aliphatic heterocycles. The van der Waals surface area contributed by atoms with Crippen molar-refractivity contribution in [2.75, 3.05) is 19.6 Å². The summed E-state index contributed by atoms with van der Waals surface area (Å²) >= 11 is 0. The number of rotatable bonds is 5. The van der Waals surface area contributed by atoms with Crippen LogP contribution in [0.4, 0.5) is 13.2 Å². The molecule has 1 aromatic carbocycles. The highest BCUT2D eigenvalue weighted by Gasteiger charge is 2.30. The molecule has 8 heteroatoms. The van der Waals surface area contributed by atoms with Gasteiger partial charge in [-0.3, -0.25) is 9.79 Å². The number of amides is 1. The number of benzene rings is 1. The fourth-order valence-corrected chi connectivity index (χ4v) is 1.91. The van der Waals surface area contributed by atoms with Crippen LogP contribution in [-0.4, -0.2) is 37.0 Å². The van der Waals surface area contributed by atoms with Crippen LogP contribution in [0, 0.1) is 0 Å². The Hall–Kier alpha value is -2.25. The summed E-state index contributed by atoms with van der Waals surface area (Å²) in [7, 11) is 0. The van der Waals surface area contributed by atoms with Crippen molar-refractivity contribution < 1.29 is 18.0 Å². The van der Waals surface area contributed by atoms with E-state index in [1.807, 2.05) is 27.7 Å². The van der Waals surface area contributed by atoms with Crippen molar-refractivity contribution in [3.05, 3.63) is 35.4 Å². The molecular formula is C17H25F3N4O. The van der Waals surface area contributed by atoms with Crippen molar-refractivity contribution in [2.45, 2.75) is 39.4 Å². The van der Waals surface area contributed by atoms with Crippen LogP contribution in [0.5, 0.6) is 0 Å². The lowest BCUT2D eigenvalue weighted by Crippen LogP contribution is -2.47. The van der Waals surface area contributed by atoms with Crippen LogP contribution in [0.25, 0.3) is 0 Å². The number of alkyl halides is 3. The lowest BCUT2D eigenvalue weighted by Gasteiger charge is -2.23. The number of guanidine groups is 1. The highest BCUT2D eigenvalue weighted by molar-refractivity contribution is 5.94. The van der Waals surface area contributed by atoms with Crippen molar-refractivity contribution in [1.82, 2.24) is 16.0 Å². The first-order valence-corrected chi connectivity index (χ1v) is 8.05. The van der Waals surface area contributed by atoms with Crippen molar-refractivity contribution >= 4 is 11.9 Å². The third-order valence-electron chi connectivity index (χ3n) is 2.98. The molecule has 0 fully saturated rings. The van der Waals surface area contributed by atoms with Gasteiger partial charge in [-0.2, -0.15) is 13.2 Å². The Labute approximate surface area is 146 Å². The fraction of sp³-hybridized carbons (Fsp3) is 0.529. The zero-order valence-electron chi connectivity index (χ0n) is 14.9. The van der Waals surface area contributed by atoms with Gasteiger partial charge in [0.1, 0.15) is 0 Å². The first-order chi connectivity index (χ1) is 11.5. The number of carbonyl (C=O) groups is 1. The van der Waals surface area contributed by atoms with Crippen LogP contribution >= 0.6 is 0 Å². The lowest BCUT2D eigenvalue weighted by atomic mass is 10.1. The van der Waals surface area contributed by atoms with Gasteiger partial charge in [-0.05, 0) is 52.0 Å². The number of nitrogens with one attached hydrogen (secondary N) is 3. The third-order valence-corrected chi connectivity index (χ3v) is 2.98. The van der Waals surface area contributed by atoms with Gasteiger partial charge in [0.05, 0.1) is 12.1 Å². The second-order valence-corrected chi connectivity index (χ2v) is 6.47. The largest absolute Gasteiger partial charge is 0.416 e. The number of hydrogen-bond acceptors (Lipinski definition) is 2. The highest BCUT2D eigenvalue weighted by atomic mass is 19.4. The van der Waals surface area contributed by atoms with E-state index in [4.69, 9.17) is 0 Å². The number of halogens is 3. The minimum Gasteiger partial charge on any atom is -0.357 e. The molecule has 0 saturated heterocycles. The first kappa shape index (κ1) is 20.8. The molecule has 0 unspecified atom stereocenters. The molecule has 0 spiro atoms. The van der Waals surface area contributed by atoms with E-state index in [9.17, 15) is 18.0 Å². The Morgan fingerprint density at radius 3 is 2.16 bits per heavy atom. The monoisotopic (exact) mass is 358 g/mol. The van der Waals surface area contributed by atoms with Crippen LogP contribution in [0.1, 0.15) is 43.6 Å². The molecule has 25 heavy (non-hydrogen) atoms. The minimum atomic E-state index is -4.41. The predicted molar refractivity (Wildman–Crippen MR) is 92.6 cm³/mol. The Morgan fingerprint density at radius 1 is 1.08 bits per heavy atom. The fourth-order valence-electron chi connectivity index (χ4n) is 1.91. The molecule has 5 nitrogen and oxygen atoms in total. The summed E-state index contributed by atoms with van der Waals surface area (Å²) < 4.78 is 37.5. The minimum absolute atomic E-state index is 0.148. The van der Waals surface area contributed by atoms with Gasteiger partial charge in [0.15, 0.2) is 5.96 Å². The van der Waals surface area contributed by atoms with Gasteiger partial charge < -0.3 is 16.0 Å². The summed E-state index contributed by atoms with van der Waals surface area (Å²) in [5.41, 5.74) is -0.751. The van der Waals surface area contributed by atoms with Gasteiger partial charge in [0.2, 0.25) is 0 Å². The van der Waals surface area contributed by atoms with E-state index in [0.29, 0.717) is 19.0 Å². The topological polar surface area (TPSA) is 65.5 Å². The van der Waals surface area contributed by atoms with Gasteiger partial charge >= 0.3 is 6.18 Å². The molecule has 140 valence electrons. The summed E-state index contributed by atoms with van der Waals surface area (Å²) in [4.78, 5) is 16.3. The van der Waals surface area contributed by atoms with Crippen molar-refractivity contribution in [3.8, 4) is 0 Å². The van der Waals surface area contributed by atoms with Crippen molar-refractivity contribution in [3.63, 3.8) is 0 Å². The van der Waals surface area contributed by atoms with E-state index in [1.165, 1.54) is 0 Å². The number of hydrogen-bond donors (Lipinski definition) is 3. The smallest absolute Gasteiger partial charge is 0.357 e. The maximum absolute atomic E-state index is 12.5. The molecule has 0 bridgehead atoms. The molecular weight excluding hydrogens is 333 g/mol. The number of aliphatic imine (C=N–C) groups is 1. The molecule has 1 amide bonds.